The second-order valence-corrected chi connectivity index (χ2v) is 9.71. The third kappa shape index (κ3) is 20.7. The van der Waals surface area contributed by atoms with E-state index in [9.17, 15) is 14.4 Å². The zero-order valence-electron chi connectivity index (χ0n) is 22.4. The van der Waals surface area contributed by atoms with Crippen molar-refractivity contribution in [3.05, 3.63) is 12.2 Å². The van der Waals surface area contributed by atoms with Crippen LogP contribution < -0.4 is 0 Å². The second-order valence-electron chi connectivity index (χ2n) is 9.71. The van der Waals surface area contributed by atoms with Gasteiger partial charge in [-0.15, -0.1) is 0 Å². The Kier molecular flexibility index (Phi) is 19.3. The molecule has 0 fully saturated rings. The van der Waals surface area contributed by atoms with Crippen molar-refractivity contribution in [3.8, 4) is 0 Å². The molecule has 0 saturated carbocycles. The number of hydrogen-bond donors (Lipinski definition) is 0. The van der Waals surface area contributed by atoms with E-state index in [0.29, 0.717) is 24.1 Å². The van der Waals surface area contributed by atoms with Gasteiger partial charge in [-0.3, -0.25) is 9.59 Å². The topological polar surface area (TPSA) is 78.9 Å². The minimum atomic E-state index is -0.305. The molecule has 0 amide bonds. The molecule has 34 heavy (non-hydrogen) atoms. The summed E-state index contributed by atoms with van der Waals surface area (Å²) in [4.78, 5) is 34.6. The van der Waals surface area contributed by atoms with Gasteiger partial charge in [0.2, 0.25) is 0 Å². The molecular weight excluding hydrogens is 434 g/mol. The molecule has 0 aliphatic carbocycles. The van der Waals surface area contributed by atoms with Gasteiger partial charge in [-0.2, -0.15) is 0 Å². The summed E-state index contributed by atoms with van der Waals surface area (Å²) < 4.78 is 15.9. The van der Waals surface area contributed by atoms with Crippen LogP contribution in [0.5, 0.6) is 0 Å². The summed E-state index contributed by atoms with van der Waals surface area (Å²) >= 11 is 0. The average Bonchev–Trinajstić information content (AvgIpc) is 2.76. The van der Waals surface area contributed by atoms with Gasteiger partial charge in [-0.05, 0) is 32.1 Å². The molecule has 0 unspecified atom stereocenters. The van der Waals surface area contributed by atoms with Crippen LogP contribution in [-0.2, 0) is 28.6 Å². The first-order valence-corrected chi connectivity index (χ1v) is 13.1. The molecule has 0 spiro atoms. The Hall–Kier alpha value is -1.89. The highest BCUT2D eigenvalue weighted by molar-refractivity contribution is 5.70. The summed E-state index contributed by atoms with van der Waals surface area (Å²) in [6.45, 7) is 4.70. The van der Waals surface area contributed by atoms with Crippen LogP contribution >= 0.6 is 0 Å². The van der Waals surface area contributed by atoms with Gasteiger partial charge >= 0.3 is 17.9 Å². The molecule has 0 heterocycles. The highest BCUT2D eigenvalue weighted by Crippen LogP contribution is 2.14. The Balaban J connectivity index is 4.32. The first-order valence-electron chi connectivity index (χ1n) is 13.1. The lowest BCUT2D eigenvalue weighted by molar-refractivity contribution is -0.883. The van der Waals surface area contributed by atoms with Crippen LogP contribution in [0, 0.1) is 0 Å². The van der Waals surface area contributed by atoms with E-state index in [0.717, 1.165) is 64.2 Å². The van der Waals surface area contributed by atoms with Crippen LogP contribution in [-0.4, -0.2) is 69.4 Å². The highest BCUT2D eigenvalue weighted by atomic mass is 16.5. The number of esters is 3. The number of unbranched alkanes of at least 4 members (excludes halogenated alkanes) is 8. The van der Waals surface area contributed by atoms with Gasteiger partial charge in [0.15, 0.2) is 6.54 Å². The van der Waals surface area contributed by atoms with Gasteiger partial charge in [0.05, 0.1) is 21.2 Å². The summed E-state index contributed by atoms with van der Waals surface area (Å²) in [6.07, 6.45) is 17.4. The van der Waals surface area contributed by atoms with E-state index in [4.69, 9.17) is 9.47 Å². The molecule has 0 saturated heterocycles. The first-order chi connectivity index (χ1) is 16.2. The highest BCUT2D eigenvalue weighted by Gasteiger charge is 2.23. The van der Waals surface area contributed by atoms with E-state index in [1.807, 2.05) is 14.1 Å². The Morgan fingerprint density at radius 2 is 1.56 bits per heavy atom. The number of rotatable bonds is 21. The maximum atomic E-state index is 12.6. The summed E-state index contributed by atoms with van der Waals surface area (Å²) in [7, 11) is 5.31. The van der Waals surface area contributed by atoms with Gasteiger partial charge in [0, 0.05) is 19.8 Å². The van der Waals surface area contributed by atoms with Crippen molar-refractivity contribution in [3.63, 3.8) is 0 Å². The quantitative estimate of drug-likeness (QED) is 0.0718. The number of allylic oxidation sites excluding steroid dienone is 1. The molecule has 0 rings (SSSR count). The van der Waals surface area contributed by atoms with E-state index < -0.39 is 0 Å². The number of nitrogens with zero attached hydrogens (tertiary/aromatic N) is 1. The number of ether oxygens (including phenoxy) is 3. The third-order valence-corrected chi connectivity index (χ3v) is 5.78. The van der Waals surface area contributed by atoms with Crippen LogP contribution in [0.2, 0.25) is 0 Å². The normalized spacial score (nSPS) is 12.5. The molecule has 0 aromatic heterocycles. The van der Waals surface area contributed by atoms with E-state index in [-0.39, 0.29) is 30.6 Å². The molecule has 0 N–H and O–H groups in total. The molecule has 0 bridgehead atoms. The predicted octanol–water partition coefficient (Wildman–Crippen LogP) is 5.36. The number of hydrogen-bond acceptors (Lipinski definition) is 6. The van der Waals surface area contributed by atoms with Crippen LogP contribution in [0.15, 0.2) is 12.2 Å². The first kappa shape index (κ1) is 32.1. The largest absolute Gasteiger partial charge is 0.469 e. The molecule has 0 aromatic carbocycles. The molecular formula is C27H50NO6+. The summed E-state index contributed by atoms with van der Waals surface area (Å²) in [5.74, 6) is -0.633. The van der Waals surface area contributed by atoms with Crippen molar-refractivity contribution in [2.24, 2.45) is 0 Å². The van der Waals surface area contributed by atoms with Crippen molar-refractivity contribution >= 4 is 17.9 Å². The smallest absolute Gasteiger partial charge is 0.362 e. The molecule has 0 aliphatic heterocycles. The molecule has 1 atom stereocenters. The second kappa shape index (κ2) is 20.5. The van der Waals surface area contributed by atoms with Gasteiger partial charge in [0.25, 0.3) is 0 Å². The monoisotopic (exact) mass is 484 g/mol. The maximum Gasteiger partial charge on any atom is 0.362 e. The van der Waals surface area contributed by atoms with Crippen LogP contribution in [0.3, 0.4) is 0 Å². The van der Waals surface area contributed by atoms with Gasteiger partial charge in [-0.25, -0.2) is 4.79 Å². The van der Waals surface area contributed by atoms with Crippen molar-refractivity contribution in [1.29, 1.82) is 0 Å². The molecule has 0 aliphatic rings. The van der Waals surface area contributed by atoms with Gasteiger partial charge in [-0.1, -0.05) is 57.6 Å². The lowest BCUT2D eigenvalue weighted by Crippen LogP contribution is -2.47. The fraction of sp³-hybridized carbons (Fsp3) is 0.815. The number of quaternary nitrogens is 1. The van der Waals surface area contributed by atoms with Crippen molar-refractivity contribution in [1.82, 2.24) is 0 Å². The fourth-order valence-electron chi connectivity index (χ4n) is 3.64. The third-order valence-electron chi connectivity index (χ3n) is 5.78. The van der Waals surface area contributed by atoms with Crippen LogP contribution in [0.4, 0.5) is 0 Å². The zero-order chi connectivity index (χ0) is 25.7. The van der Waals surface area contributed by atoms with Crippen molar-refractivity contribution in [2.75, 3.05) is 40.9 Å². The van der Waals surface area contributed by atoms with Crippen molar-refractivity contribution in [2.45, 2.75) is 103 Å². The number of carbonyl (C=O) groups is 3. The van der Waals surface area contributed by atoms with Gasteiger partial charge < -0.3 is 18.7 Å². The lowest BCUT2D eigenvalue weighted by atomic mass is 10.1. The molecule has 198 valence electrons. The minimum Gasteiger partial charge on any atom is -0.469 e. The Bertz CT molecular complexity index is 588. The van der Waals surface area contributed by atoms with Gasteiger partial charge in [0.1, 0.15) is 19.3 Å². The van der Waals surface area contributed by atoms with E-state index in [1.165, 1.54) is 26.9 Å². The number of likely N-dealkylation sites (N-methyl/N-ethyl adjacent to an activating group) is 1. The van der Waals surface area contributed by atoms with E-state index in [2.05, 4.69) is 23.8 Å². The molecule has 7 nitrogen and oxygen atoms in total. The number of methoxy groups -OCH3 is 1. The van der Waals surface area contributed by atoms with E-state index >= 15 is 0 Å². The van der Waals surface area contributed by atoms with Crippen molar-refractivity contribution < 1.29 is 33.1 Å². The van der Waals surface area contributed by atoms with E-state index in [1.54, 1.807) is 0 Å². The Labute approximate surface area is 207 Å². The minimum absolute atomic E-state index is 0.0904. The summed E-state index contributed by atoms with van der Waals surface area (Å²) in [6, 6.07) is 0. The Morgan fingerprint density at radius 1 is 0.882 bits per heavy atom. The van der Waals surface area contributed by atoms with Crippen LogP contribution in [0.1, 0.15) is 97.3 Å². The zero-order valence-corrected chi connectivity index (χ0v) is 22.4. The average molecular weight is 485 g/mol. The summed E-state index contributed by atoms with van der Waals surface area (Å²) in [5.41, 5.74) is 0. The Morgan fingerprint density at radius 3 is 2.24 bits per heavy atom. The van der Waals surface area contributed by atoms with Crippen LogP contribution in [0.25, 0.3) is 0 Å². The maximum absolute atomic E-state index is 12.6. The lowest BCUT2D eigenvalue weighted by Gasteiger charge is -2.29. The molecule has 0 aromatic rings. The molecule has 7 heteroatoms. The summed E-state index contributed by atoms with van der Waals surface area (Å²) in [5, 5.41) is 0. The fourth-order valence-corrected chi connectivity index (χ4v) is 3.64. The predicted molar refractivity (Wildman–Crippen MR) is 135 cm³/mol. The number of carbonyl (C=O) groups excluding carboxylic acids is 3. The standard InChI is InChI=1S/C27H50NO6/c1-6-7-8-15-18-25(34-27(31)23-28(3,4)21-22-33-24(2)29)19-16-13-11-9-10-12-14-17-20-26(30)32-5/h13,16,25H,6-12,14-15,17-23H2,1-5H3/q+1/b16-13-/t25-/m1/s1. The molecule has 0 radical (unpaired) electrons. The SMILES string of the molecule is CCCCCC[C@H](C/C=C\CCCCCCCC(=O)OC)OC(=O)C[N+](C)(C)CCOC(C)=O.